The summed E-state index contributed by atoms with van der Waals surface area (Å²) < 4.78 is 18.9. The van der Waals surface area contributed by atoms with E-state index in [0.717, 1.165) is 47.1 Å². The number of rotatable bonds is 6. The van der Waals surface area contributed by atoms with Gasteiger partial charge in [0.2, 0.25) is 0 Å². The van der Waals surface area contributed by atoms with Gasteiger partial charge in [-0.2, -0.15) is 0 Å². The van der Waals surface area contributed by atoms with E-state index in [9.17, 15) is 0 Å². The van der Waals surface area contributed by atoms with E-state index in [-0.39, 0.29) is 6.10 Å². The molecule has 1 saturated heterocycles. The number of morpholine rings is 1. The van der Waals surface area contributed by atoms with Crippen molar-refractivity contribution in [2.75, 3.05) is 26.8 Å². The molecular formula is C30H40N2O3S. The van der Waals surface area contributed by atoms with Gasteiger partial charge in [0, 0.05) is 12.6 Å². The van der Waals surface area contributed by atoms with Crippen molar-refractivity contribution in [2.45, 2.75) is 82.0 Å². The third kappa shape index (κ3) is 5.65. The van der Waals surface area contributed by atoms with Gasteiger partial charge in [-0.3, -0.25) is 0 Å². The fourth-order valence-corrected chi connectivity index (χ4v) is 6.34. The summed E-state index contributed by atoms with van der Waals surface area (Å²) in [4.78, 5) is 2.30. The molecule has 1 unspecified atom stereocenters. The van der Waals surface area contributed by atoms with Crippen LogP contribution in [0.5, 0.6) is 11.5 Å². The molecule has 2 aromatic carbocycles. The lowest BCUT2D eigenvalue weighted by Crippen LogP contribution is -2.56. The average molecular weight is 509 g/mol. The quantitative estimate of drug-likeness (QED) is 0.470. The van der Waals surface area contributed by atoms with Crippen LogP contribution in [-0.2, 0) is 10.3 Å². The van der Waals surface area contributed by atoms with Crippen LogP contribution >= 0.6 is 12.2 Å². The van der Waals surface area contributed by atoms with Gasteiger partial charge in [0.15, 0.2) is 16.6 Å². The third-order valence-electron chi connectivity index (χ3n) is 8.06. The molecule has 2 saturated carbocycles. The van der Waals surface area contributed by atoms with E-state index in [2.05, 4.69) is 52.7 Å². The first-order valence-corrected chi connectivity index (χ1v) is 14.2. The van der Waals surface area contributed by atoms with Gasteiger partial charge in [0.1, 0.15) is 5.60 Å². The number of ether oxygens (including phenoxy) is 3. The van der Waals surface area contributed by atoms with Gasteiger partial charge in [-0.15, -0.1) is 0 Å². The smallest absolute Gasteiger partial charge is 0.169 e. The van der Waals surface area contributed by atoms with Crippen molar-refractivity contribution in [3.05, 3.63) is 59.7 Å². The van der Waals surface area contributed by atoms with Crippen molar-refractivity contribution in [1.29, 1.82) is 0 Å². The summed E-state index contributed by atoms with van der Waals surface area (Å²) in [5, 5.41) is 4.52. The Labute approximate surface area is 221 Å². The Morgan fingerprint density at radius 1 is 0.917 bits per heavy atom. The van der Waals surface area contributed by atoms with E-state index >= 15 is 0 Å². The van der Waals surface area contributed by atoms with Crippen LogP contribution < -0.4 is 14.8 Å². The van der Waals surface area contributed by atoms with Crippen molar-refractivity contribution in [2.24, 2.45) is 0 Å². The number of hydrogen-bond donors (Lipinski definition) is 1. The predicted octanol–water partition coefficient (Wildman–Crippen LogP) is 6.19. The minimum atomic E-state index is -0.644. The first-order chi connectivity index (χ1) is 17.7. The SMILES string of the molecule is COc1ccc(C2(c3ccccc3)CN(C(=S)NC3CCCCC3)CCO2)cc1OC1CCCCC1. The molecule has 0 radical (unpaired) electrons. The normalized spacial score (nSPS) is 23.8. The molecular weight excluding hydrogens is 468 g/mol. The third-order valence-corrected chi connectivity index (χ3v) is 8.44. The lowest BCUT2D eigenvalue weighted by Gasteiger charge is -2.45. The molecule has 6 heteroatoms. The Kier molecular flexibility index (Phi) is 8.32. The number of thiocarbonyl (C=S) groups is 1. The number of hydrogen-bond acceptors (Lipinski definition) is 4. The molecule has 194 valence electrons. The maximum atomic E-state index is 6.70. The van der Waals surface area contributed by atoms with Crippen LogP contribution in [0.1, 0.15) is 75.3 Å². The van der Waals surface area contributed by atoms with Gasteiger partial charge in [-0.25, -0.2) is 0 Å². The summed E-state index contributed by atoms with van der Waals surface area (Å²) in [6.07, 6.45) is 12.5. The lowest BCUT2D eigenvalue weighted by molar-refractivity contribution is -0.0704. The highest BCUT2D eigenvalue weighted by Crippen LogP contribution is 2.41. The van der Waals surface area contributed by atoms with Crippen molar-refractivity contribution >= 4 is 17.3 Å². The second kappa shape index (κ2) is 11.8. The Bertz CT molecular complexity index is 1000. The van der Waals surface area contributed by atoms with Crippen LogP contribution in [0, 0.1) is 0 Å². The van der Waals surface area contributed by atoms with Crippen LogP contribution in [0.25, 0.3) is 0 Å². The maximum absolute atomic E-state index is 6.70. The summed E-state index contributed by atoms with van der Waals surface area (Å²) in [6.45, 7) is 2.05. The summed E-state index contributed by atoms with van der Waals surface area (Å²) in [5.41, 5.74) is 1.56. The molecule has 5 nitrogen and oxygen atoms in total. The number of benzene rings is 2. The highest BCUT2D eigenvalue weighted by molar-refractivity contribution is 7.80. The van der Waals surface area contributed by atoms with Crippen molar-refractivity contribution < 1.29 is 14.2 Å². The molecule has 0 aromatic heterocycles. The van der Waals surface area contributed by atoms with Gasteiger partial charge in [-0.1, -0.05) is 62.1 Å². The maximum Gasteiger partial charge on any atom is 0.169 e. The second-order valence-electron chi connectivity index (χ2n) is 10.5. The highest BCUT2D eigenvalue weighted by atomic mass is 32.1. The summed E-state index contributed by atoms with van der Waals surface area (Å²) in [7, 11) is 1.71. The highest BCUT2D eigenvalue weighted by Gasteiger charge is 2.42. The van der Waals surface area contributed by atoms with Crippen LogP contribution in [-0.4, -0.2) is 49.0 Å². The number of nitrogens with zero attached hydrogens (tertiary/aromatic N) is 1. The Hall–Kier alpha value is -2.31. The van der Waals surface area contributed by atoms with Gasteiger partial charge >= 0.3 is 0 Å². The average Bonchev–Trinajstić information content (AvgIpc) is 2.94. The minimum Gasteiger partial charge on any atom is -0.493 e. The molecule has 1 atom stereocenters. The second-order valence-corrected chi connectivity index (χ2v) is 10.9. The predicted molar refractivity (Wildman–Crippen MR) is 148 cm³/mol. The molecule has 0 amide bonds. The molecule has 1 N–H and O–H groups in total. The largest absolute Gasteiger partial charge is 0.493 e. The number of methoxy groups -OCH3 is 1. The van der Waals surface area contributed by atoms with E-state index < -0.39 is 5.60 Å². The van der Waals surface area contributed by atoms with E-state index in [1.807, 2.05) is 6.07 Å². The first-order valence-electron chi connectivity index (χ1n) is 13.8. The van der Waals surface area contributed by atoms with Crippen molar-refractivity contribution in [3.8, 4) is 11.5 Å². The van der Waals surface area contributed by atoms with E-state index in [1.54, 1.807) is 7.11 Å². The van der Waals surface area contributed by atoms with Gasteiger partial charge in [-0.05, 0) is 74.0 Å². The van der Waals surface area contributed by atoms with Gasteiger partial charge in [0.25, 0.3) is 0 Å². The number of nitrogens with one attached hydrogen (secondary N) is 1. The summed E-state index contributed by atoms with van der Waals surface area (Å²) in [6, 6.07) is 17.3. The molecule has 5 rings (SSSR count). The monoisotopic (exact) mass is 508 g/mol. The molecule has 2 aliphatic carbocycles. The van der Waals surface area contributed by atoms with Crippen LogP contribution in [0.3, 0.4) is 0 Å². The summed E-state index contributed by atoms with van der Waals surface area (Å²) in [5.74, 6) is 1.58. The summed E-state index contributed by atoms with van der Waals surface area (Å²) >= 11 is 5.95. The van der Waals surface area contributed by atoms with Crippen LogP contribution in [0.4, 0.5) is 0 Å². The lowest BCUT2D eigenvalue weighted by atomic mass is 9.84. The van der Waals surface area contributed by atoms with Crippen molar-refractivity contribution in [3.63, 3.8) is 0 Å². The first kappa shape index (κ1) is 25.3. The Morgan fingerprint density at radius 2 is 1.64 bits per heavy atom. The molecule has 3 aliphatic rings. The standard InChI is InChI=1S/C30H40N2O3S/c1-33-27-18-17-24(21-28(27)35-26-15-9-4-10-16-26)30(23-11-5-2-6-12-23)22-32(19-20-34-30)29(36)31-25-13-7-3-8-14-25/h2,5-6,11-12,17-18,21,25-26H,3-4,7-10,13-16,19-20,22H2,1H3,(H,31,36). The van der Waals surface area contributed by atoms with Gasteiger partial charge in [0.05, 0.1) is 26.4 Å². The fourth-order valence-electron chi connectivity index (χ4n) is 6.02. The van der Waals surface area contributed by atoms with E-state index in [0.29, 0.717) is 19.2 Å². The van der Waals surface area contributed by atoms with E-state index in [4.69, 9.17) is 26.4 Å². The van der Waals surface area contributed by atoms with Crippen molar-refractivity contribution in [1.82, 2.24) is 10.2 Å². The Morgan fingerprint density at radius 3 is 2.36 bits per heavy atom. The molecule has 36 heavy (non-hydrogen) atoms. The van der Waals surface area contributed by atoms with E-state index in [1.165, 1.54) is 51.4 Å². The molecule has 1 aliphatic heterocycles. The molecule has 0 spiro atoms. The zero-order valence-corrected chi connectivity index (χ0v) is 22.4. The Balaban J connectivity index is 1.45. The zero-order valence-electron chi connectivity index (χ0n) is 21.5. The minimum absolute atomic E-state index is 0.242. The van der Waals surface area contributed by atoms with Crippen LogP contribution in [0.2, 0.25) is 0 Å². The molecule has 3 fully saturated rings. The molecule has 0 bridgehead atoms. The van der Waals surface area contributed by atoms with Gasteiger partial charge < -0.3 is 24.4 Å². The van der Waals surface area contributed by atoms with Crippen LogP contribution in [0.15, 0.2) is 48.5 Å². The zero-order chi connectivity index (χ0) is 24.8. The molecule has 2 aromatic rings. The molecule has 1 heterocycles. The topological polar surface area (TPSA) is 43.0 Å². The fraction of sp³-hybridized carbons (Fsp3) is 0.567.